The zero-order valence-electron chi connectivity index (χ0n) is 21.1. The van der Waals surface area contributed by atoms with Crippen LogP contribution in [0.4, 0.5) is 10.0 Å². The highest BCUT2D eigenvalue weighted by molar-refractivity contribution is 7.30. The summed E-state index contributed by atoms with van der Waals surface area (Å²) < 4.78 is 2.47. The lowest BCUT2D eigenvalue weighted by Gasteiger charge is -2.37. The van der Waals surface area contributed by atoms with Crippen molar-refractivity contribution in [2.75, 3.05) is 0 Å². The molecule has 2 fully saturated rings. The molecule has 3 aromatic heterocycles. The topological polar surface area (TPSA) is 120 Å². The third kappa shape index (κ3) is 3.31. The summed E-state index contributed by atoms with van der Waals surface area (Å²) in [6, 6.07) is 11.9. The van der Waals surface area contributed by atoms with Gasteiger partial charge in [0.2, 0.25) is 11.4 Å². The molecule has 0 aliphatic heterocycles. The molecule has 2 saturated carbocycles. The number of hydrogen-bond donors (Lipinski definition) is 0. The van der Waals surface area contributed by atoms with E-state index in [2.05, 4.69) is 22.1 Å². The number of thiophene rings is 3. The molecule has 3 aromatic rings. The summed E-state index contributed by atoms with van der Waals surface area (Å²) >= 11 is 5.14. The first-order valence-corrected chi connectivity index (χ1v) is 15.8. The van der Waals surface area contributed by atoms with E-state index in [1.807, 2.05) is 35.6 Å². The number of nitriles is 4. The molecule has 190 valence electrons. The predicted octanol–water partition coefficient (Wildman–Crippen LogP) is 8.61. The van der Waals surface area contributed by atoms with Crippen LogP contribution >= 0.6 is 34.0 Å². The van der Waals surface area contributed by atoms with Gasteiger partial charge >= 0.3 is 0 Å². The Morgan fingerprint density at radius 1 is 0.641 bits per heavy atom. The zero-order valence-corrected chi connectivity index (χ0v) is 23.6. The highest BCUT2D eigenvalue weighted by Gasteiger charge is 2.59. The van der Waals surface area contributed by atoms with Crippen LogP contribution in [0.15, 0.2) is 22.1 Å². The van der Waals surface area contributed by atoms with Crippen molar-refractivity contribution < 1.29 is 0 Å². The van der Waals surface area contributed by atoms with Gasteiger partial charge in [0.05, 0.1) is 4.70 Å². The average molecular weight is 563 g/mol. The Bertz CT molecular complexity index is 1790. The fourth-order valence-corrected chi connectivity index (χ4v) is 11.8. The SMILES string of the molecule is N#CC(C#N)=Nc1cc2c(s1)C1=C(c3sc4cc(N=C(C#N)C#N)sc4c3C13CCCCC3)C21CCCCC1. The lowest BCUT2D eigenvalue weighted by atomic mass is 9.67. The van der Waals surface area contributed by atoms with Gasteiger partial charge in [0.15, 0.2) is 0 Å². The standard InChI is InChI=1S/C30H22N6S3/c31-13-17(14-32)35-21-11-19-26(38-21)23-24(29(19)7-3-1-4-8-29)28-25(30(23)9-5-2-6-10-30)27-20(37-28)12-22(39-27)36-18(15-33)16-34/h11-12H,1-10H2. The van der Waals surface area contributed by atoms with Crippen LogP contribution in [0, 0.1) is 45.3 Å². The van der Waals surface area contributed by atoms with E-state index in [4.69, 9.17) is 0 Å². The Kier molecular flexibility index (Phi) is 5.62. The average Bonchev–Trinajstić information content (AvgIpc) is 3.73. The maximum Gasteiger partial charge on any atom is 0.219 e. The highest BCUT2D eigenvalue weighted by Crippen LogP contribution is 2.73. The van der Waals surface area contributed by atoms with Crippen LogP contribution in [0.1, 0.15) is 85.1 Å². The molecule has 0 bridgehead atoms. The second-order valence-corrected chi connectivity index (χ2v) is 13.9. The summed E-state index contributed by atoms with van der Waals surface area (Å²) in [5.41, 5.74) is 5.57. The van der Waals surface area contributed by atoms with E-state index in [1.54, 1.807) is 28.2 Å². The van der Waals surface area contributed by atoms with Crippen molar-refractivity contribution in [1.82, 2.24) is 0 Å². The number of nitrogens with zero attached hydrogens (tertiary/aromatic N) is 6. The van der Waals surface area contributed by atoms with Gasteiger partial charge in [-0.15, -0.1) is 34.0 Å². The molecule has 0 radical (unpaired) electrons. The Hall–Kier alpha value is -3.60. The normalized spacial score (nSPS) is 19.5. The van der Waals surface area contributed by atoms with Gasteiger partial charge in [0, 0.05) is 25.3 Å². The predicted molar refractivity (Wildman–Crippen MR) is 157 cm³/mol. The number of fused-ring (bicyclic) bond motifs is 10. The summed E-state index contributed by atoms with van der Waals surface area (Å²) in [6.07, 6.45) is 11.7. The molecule has 0 amide bonds. The molecule has 0 atom stereocenters. The van der Waals surface area contributed by atoms with Crippen molar-refractivity contribution >= 4 is 76.0 Å². The third-order valence-corrected chi connectivity index (χ3v) is 12.4. The largest absolute Gasteiger partial charge is 0.219 e. The van der Waals surface area contributed by atoms with Gasteiger partial charge in [-0.3, -0.25) is 0 Å². The van der Waals surface area contributed by atoms with E-state index in [1.165, 1.54) is 74.4 Å². The maximum atomic E-state index is 9.35. The lowest BCUT2D eigenvalue weighted by molar-refractivity contribution is 0.374. The molecule has 4 aliphatic carbocycles. The van der Waals surface area contributed by atoms with Crippen molar-refractivity contribution in [1.29, 1.82) is 21.0 Å². The van der Waals surface area contributed by atoms with E-state index in [0.717, 1.165) is 35.7 Å². The molecule has 0 N–H and O–H groups in total. The summed E-state index contributed by atoms with van der Waals surface area (Å²) in [5, 5.41) is 38.7. The summed E-state index contributed by atoms with van der Waals surface area (Å²) in [4.78, 5) is 11.6. The molecule has 4 aliphatic rings. The summed E-state index contributed by atoms with van der Waals surface area (Å²) in [7, 11) is 0. The number of rotatable bonds is 2. The van der Waals surface area contributed by atoms with Crippen LogP contribution < -0.4 is 0 Å². The van der Waals surface area contributed by atoms with E-state index < -0.39 is 0 Å². The molecule has 0 unspecified atom stereocenters. The summed E-state index contributed by atoms with van der Waals surface area (Å²) in [6.45, 7) is 0. The Labute approximate surface area is 238 Å². The van der Waals surface area contributed by atoms with E-state index in [-0.39, 0.29) is 22.3 Å². The highest BCUT2D eigenvalue weighted by atomic mass is 32.1. The van der Waals surface area contributed by atoms with Crippen LogP contribution in [-0.2, 0) is 10.8 Å². The molecule has 3 heterocycles. The van der Waals surface area contributed by atoms with Crippen LogP contribution in [-0.4, -0.2) is 11.4 Å². The Morgan fingerprint density at radius 3 is 1.77 bits per heavy atom. The van der Waals surface area contributed by atoms with Crippen molar-refractivity contribution in [3.63, 3.8) is 0 Å². The monoisotopic (exact) mass is 562 g/mol. The molecule has 7 rings (SSSR count). The smallest absolute Gasteiger partial charge is 0.216 e. The molecule has 6 nitrogen and oxygen atoms in total. The van der Waals surface area contributed by atoms with Gasteiger partial charge in [-0.25, -0.2) is 9.98 Å². The fraction of sp³-hybridized carbons (Fsp3) is 0.400. The van der Waals surface area contributed by atoms with Crippen molar-refractivity contribution in [2.24, 2.45) is 9.98 Å². The second-order valence-electron chi connectivity index (χ2n) is 10.8. The van der Waals surface area contributed by atoms with E-state index in [9.17, 15) is 21.0 Å². The van der Waals surface area contributed by atoms with Crippen LogP contribution in [0.3, 0.4) is 0 Å². The Morgan fingerprint density at radius 2 is 1.18 bits per heavy atom. The van der Waals surface area contributed by atoms with Gasteiger partial charge in [-0.2, -0.15) is 21.0 Å². The van der Waals surface area contributed by atoms with E-state index in [0.29, 0.717) is 0 Å². The molecule has 2 spiro atoms. The summed E-state index contributed by atoms with van der Waals surface area (Å²) in [5.74, 6) is 0. The molecule has 0 aromatic carbocycles. The van der Waals surface area contributed by atoms with Crippen molar-refractivity contribution in [2.45, 2.75) is 75.0 Å². The van der Waals surface area contributed by atoms with Gasteiger partial charge in [-0.1, -0.05) is 38.5 Å². The lowest BCUT2D eigenvalue weighted by Crippen LogP contribution is -2.28. The first-order chi connectivity index (χ1) is 19.1. The number of hydrogen-bond acceptors (Lipinski definition) is 9. The van der Waals surface area contributed by atoms with E-state index >= 15 is 0 Å². The van der Waals surface area contributed by atoms with Gasteiger partial charge < -0.3 is 0 Å². The first kappa shape index (κ1) is 24.4. The molecule has 9 heteroatoms. The number of allylic oxidation sites excluding steroid dienone is 2. The number of aliphatic imine (C=N–C) groups is 2. The minimum Gasteiger partial charge on any atom is -0.216 e. The second kappa shape index (κ2) is 8.97. The first-order valence-electron chi connectivity index (χ1n) is 13.3. The van der Waals surface area contributed by atoms with Gasteiger partial charge in [-0.05, 0) is 60.1 Å². The van der Waals surface area contributed by atoms with Crippen molar-refractivity contribution in [3.8, 4) is 24.3 Å². The van der Waals surface area contributed by atoms with Gasteiger partial charge in [0.25, 0.3) is 0 Å². The van der Waals surface area contributed by atoms with Crippen LogP contribution in [0.25, 0.3) is 20.5 Å². The third-order valence-electron chi connectivity index (χ3n) is 9.01. The fourth-order valence-electron chi connectivity index (χ4n) is 7.62. The molecule has 0 saturated heterocycles. The zero-order chi connectivity index (χ0) is 26.8. The maximum absolute atomic E-state index is 9.35. The van der Waals surface area contributed by atoms with Crippen molar-refractivity contribution in [3.05, 3.63) is 33.0 Å². The molecule has 39 heavy (non-hydrogen) atoms. The minimum atomic E-state index is -0.111. The molecular formula is C30H22N6S3. The van der Waals surface area contributed by atoms with Crippen LogP contribution in [0.2, 0.25) is 0 Å². The minimum absolute atomic E-state index is 0.0366. The quantitative estimate of drug-likeness (QED) is 0.290. The van der Waals surface area contributed by atoms with Crippen LogP contribution in [0.5, 0.6) is 0 Å². The molecular weight excluding hydrogens is 541 g/mol. The van der Waals surface area contributed by atoms with Gasteiger partial charge in [0.1, 0.15) is 34.3 Å². The Balaban J connectivity index is 1.49.